The summed E-state index contributed by atoms with van der Waals surface area (Å²) in [7, 11) is 2.19. The van der Waals surface area contributed by atoms with Crippen LogP contribution in [0, 0.1) is 16.7 Å². The number of nitriles is 1. The fourth-order valence-electron chi connectivity index (χ4n) is 2.02. The van der Waals surface area contributed by atoms with Crippen LogP contribution in [0.2, 0.25) is 0 Å². The highest BCUT2D eigenvalue weighted by Gasteiger charge is 2.27. The van der Waals surface area contributed by atoms with Gasteiger partial charge in [0.15, 0.2) is 0 Å². The Morgan fingerprint density at radius 2 is 2.07 bits per heavy atom. The van der Waals surface area contributed by atoms with E-state index >= 15 is 0 Å². The third-order valence-electron chi connectivity index (χ3n) is 3.39. The molecule has 1 N–H and O–H groups in total. The predicted octanol–water partition coefficient (Wildman–Crippen LogP) is 1.61. The Labute approximate surface area is 93.5 Å². The zero-order chi connectivity index (χ0) is 11.1. The van der Waals surface area contributed by atoms with Gasteiger partial charge in [-0.05, 0) is 51.4 Å². The Hall–Kier alpha value is -0.590. The first-order valence-electron chi connectivity index (χ1n) is 5.92. The van der Waals surface area contributed by atoms with Crippen molar-refractivity contribution in [2.24, 2.45) is 5.41 Å². The molecule has 86 valence electrons. The van der Waals surface area contributed by atoms with Crippen molar-refractivity contribution in [3.63, 3.8) is 0 Å². The number of nitrogens with zero attached hydrogens (tertiary/aromatic N) is 2. The molecule has 0 spiro atoms. The smallest absolute Gasteiger partial charge is 0.0622 e. The van der Waals surface area contributed by atoms with E-state index in [1.54, 1.807) is 0 Å². The number of likely N-dealkylation sites (tertiary alicyclic amines) is 1. The van der Waals surface area contributed by atoms with Gasteiger partial charge in [0.05, 0.1) is 6.07 Å². The monoisotopic (exact) mass is 209 g/mol. The van der Waals surface area contributed by atoms with Crippen molar-refractivity contribution in [1.29, 1.82) is 5.26 Å². The molecule has 1 heterocycles. The van der Waals surface area contributed by atoms with E-state index in [0.29, 0.717) is 11.8 Å². The number of rotatable bonds is 5. The van der Waals surface area contributed by atoms with E-state index in [0.717, 1.165) is 19.5 Å². The molecule has 1 fully saturated rings. The van der Waals surface area contributed by atoms with Crippen LogP contribution in [-0.2, 0) is 0 Å². The van der Waals surface area contributed by atoms with Gasteiger partial charge in [-0.1, -0.05) is 6.92 Å². The lowest BCUT2D eigenvalue weighted by Gasteiger charge is -2.38. The second-order valence-electron chi connectivity index (χ2n) is 5.05. The van der Waals surface area contributed by atoms with Gasteiger partial charge in [-0.2, -0.15) is 5.26 Å². The van der Waals surface area contributed by atoms with Gasteiger partial charge < -0.3 is 10.2 Å². The Balaban J connectivity index is 2.12. The molecule has 1 saturated heterocycles. The highest BCUT2D eigenvalue weighted by Crippen LogP contribution is 2.29. The fraction of sp³-hybridized carbons (Fsp3) is 0.917. The van der Waals surface area contributed by atoms with Gasteiger partial charge in [-0.15, -0.1) is 0 Å². The van der Waals surface area contributed by atoms with Crippen molar-refractivity contribution in [2.45, 2.75) is 32.6 Å². The molecule has 1 rings (SSSR count). The molecule has 0 unspecified atom stereocenters. The predicted molar refractivity (Wildman–Crippen MR) is 62.6 cm³/mol. The standard InChI is InChI=1S/C12H23N3/c1-12(5-9-15(2)10-6-12)11-14-8-4-3-7-13/h14H,3-6,8-11H2,1-2H3. The molecular formula is C12H23N3. The SMILES string of the molecule is CN1CCC(C)(CNCCCC#N)CC1. The van der Waals surface area contributed by atoms with Gasteiger partial charge in [0.25, 0.3) is 0 Å². The maximum atomic E-state index is 8.41. The van der Waals surface area contributed by atoms with Crippen LogP contribution in [0.15, 0.2) is 0 Å². The largest absolute Gasteiger partial charge is 0.316 e. The number of unbranched alkanes of at least 4 members (excludes halogenated alkanes) is 1. The summed E-state index contributed by atoms with van der Waals surface area (Å²) >= 11 is 0. The summed E-state index contributed by atoms with van der Waals surface area (Å²) in [5.74, 6) is 0. The summed E-state index contributed by atoms with van der Waals surface area (Å²) in [6.07, 6.45) is 4.22. The minimum Gasteiger partial charge on any atom is -0.316 e. The lowest BCUT2D eigenvalue weighted by atomic mass is 9.80. The number of nitrogens with one attached hydrogen (secondary N) is 1. The van der Waals surface area contributed by atoms with Crippen LogP contribution in [0.25, 0.3) is 0 Å². The molecule has 0 aliphatic carbocycles. The van der Waals surface area contributed by atoms with Gasteiger partial charge in [-0.3, -0.25) is 0 Å². The molecule has 1 aliphatic heterocycles. The van der Waals surface area contributed by atoms with E-state index in [2.05, 4.69) is 30.3 Å². The highest BCUT2D eigenvalue weighted by atomic mass is 15.1. The second-order valence-corrected chi connectivity index (χ2v) is 5.05. The van der Waals surface area contributed by atoms with E-state index in [1.165, 1.54) is 25.9 Å². The molecule has 0 bridgehead atoms. The summed E-state index contributed by atoms with van der Waals surface area (Å²) in [6.45, 7) is 6.90. The lowest BCUT2D eigenvalue weighted by Crippen LogP contribution is -2.42. The van der Waals surface area contributed by atoms with E-state index in [4.69, 9.17) is 5.26 Å². The van der Waals surface area contributed by atoms with Gasteiger partial charge in [0.2, 0.25) is 0 Å². The summed E-state index contributed by atoms with van der Waals surface area (Å²) in [6, 6.07) is 2.17. The fourth-order valence-corrected chi connectivity index (χ4v) is 2.02. The number of piperidine rings is 1. The summed E-state index contributed by atoms with van der Waals surface area (Å²) in [5, 5.41) is 11.9. The minimum atomic E-state index is 0.471. The van der Waals surface area contributed by atoms with Gasteiger partial charge >= 0.3 is 0 Å². The first-order chi connectivity index (χ1) is 7.16. The van der Waals surface area contributed by atoms with Crippen molar-refractivity contribution in [1.82, 2.24) is 10.2 Å². The van der Waals surface area contributed by atoms with Gasteiger partial charge in [0, 0.05) is 13.0 Å². The number of hydrogen-bond donors (Lipinski definition) is 1. The molecule has 0 amide bonds. The molecule has 0 aromatic rings. The zero-order valence-corrected chi connectivity index (χ0v) is 10.1. The van der Waals surface area contributed by atoms with Gasteiger partial charge in [0.1, 0.15) is 0 Å². The van der Waals surface area contributed by atoms with Crippen LogP contribution in [0.5, 0.6) is 0 Å². The highest BCUT2D eigenvalue weighted by molar-refractivity contribution is 4.83. The third-order valence-corrected chi connectivity index (χ3v) is 3.39. The third kappa shape index (κ3) is 4.63. The quantitative estimate of drug-likeness (QED) is 0.699. The molecule has 3 heteroatoms. The molecule has 1 aliphatic rings. The van der Waals surface area contributed by atoms with E-state index in [-0.39, 0.29) is 0 Å². The lowest BCUT2D eigenvalue weighted by molar-refractivity contribution is 0.137. The maximum Gasteiger partial charge on any atom is 0.0622 e. The van der Waals surface area contributed by atoms with Crippen LogP contribution < -0.4 is 5.32 Å². The summed E-state index contributed by atoms with van der Waals surface area (Å²) < 4.78 is 0. The molecule has 0 aromatic carbocycles. The average molecular weight is 209 g/mol. The first-order valence-corrected chi connectivity index (χ1v) is 5.92. The molecule has 0 atom stereocenters. The Morgan fingerprint density at radius 3 is 2.67 bits per heavy atom. The van der Waals surface area contributed by atoms with Crippen molar-refractivity contribution in [2.75, 3.05) is 33.2 Å². The molecular weight excluding hydrogens is 186 g/mol. The topological polar surface area (TPSA) is 39.1 Å². The zero-order valence-electron chi connectivity index (χ0n) is 10.1. The molecule has 0 aromatic heterocycles. The molecule has 0 radical (unpaired) electrons. The first kappa shape index (κ1) is 12.5. The van der Waals surface area contributed by atoms with Crippen LogP contribution >= 0.6 is 0 Å². The van der Waals surface area contributed by atoms with Crippen LogP contribution in [0.3, 0.4) is 0 Å². The summed E-state index contributed by atoms with van der Waals surface area (Å²) in [5.41, 5.74) is 0.471. The normalized spacial score (nSPS) is 21.1. The molecule has 3 nitrogen and oxygen atoms in total. The van der Waals surface area contributed by atoms with Gasteiger partial charge in [-0.25, -0.2) is 0 Å². The van der Waals surface area contributed by atoms with E-state index < -0.39 is 0 Å². The van der Waals surface area contributed by atoms with Crippen LogP contribution in [0.4, 0.5) is 0 Å². The van der Waals surface area contributed by atoms with E-state index in [9.17, 15) is 0 Å². The van der Waals surface area contributed by atoms with Crippen molar-refractivity contribution < 1.29 is 0 Å². The Kier molecular flexibility index (Phi) is 5.07. The van der Waals surface area contributed by atoms with Crippen molar-refractivity contribution >= 4 is 0 Å². The van der Waals surface area contributed by atoms with Crippen molar-refractivity contribution in [3.8, 4) is 6.07 Å². The minimum absolute atomic E-state index is 0.471. The van der Waals surface area contributed by atoms with Crippen LogP contribution in [-0.4, -0.2) is 38.1 Å². The molecule has 0 saturated carbocycles. The Morgan fingerprint density at radius 1 is 1.40 bits per heavy atom. The van der Waals surface area contributed by atoms with Crippen molar-refractivity contribution in [3.05, 3.63) is 0 Å². The van der Waals surface area contributed by atoms with Crippen LogP contribution in [0.1, 0.15) is 32.6 Å². The second kappa shape index (κ2) is 6.09. The van der Waals surface area contributed by atoms with E-state index in [1.807, 2.05) is 0 Å². The maximum absolute atomic E-state index is 8.41. The Bertz CT molecular complexity index is 211. The summed E-state index contributed by atoms with van der Waals surface area (Å²) in [4.78, 5) is 2.40. The molecule has 15 heavy (non-hydrogen) atoms. The average Bonchev–Trinajstić information content (AvgIpc) is 2.23. The number of hydrogen-bond acceptors (Lipinski definition) is 3.